The number of para-hydroxylation sites is 1. The number of benzene rings is 1. The van der Waals surface area contributed by atoms with Crippen molar-refractivity contribution >= 4 is 30.1 Å². The van der Waals surface area contributed by atoms with Crippen LogP contribution in [0.2, 0.25) is 0 Å². The molecule has 5 nitrogen and oxygen atoms in total. The van der Waals surface area contributed by atoms with Gasteiger partial charge in [-0.05, 0) is 18.1 Å². The van der Waals surface area contributed by atoms with Gasteiger partial charge in [0.05, 0.1) is 20.3 Å². The summed E-state index contributed by atoms with van der Waals surface area (Å²) in [4.78, 5) is 13.1. The standard InChI is InChI=1S/C16H24N2O3S.ClH/c1-12(9-18-16(19)13-10-21-8-7-17-13)11-22-15-6-4-3-5-14(15)20-2;/h3-6,12-13,17H,7-11H2,1-2H3,(H,18,19);1H. The average Bonchev–Trinajstić information content (AvgIpc) is 2.58. The van der Waals surface area contributed by atoms with Gasteiger partial charge >= 0.3 is 0 Å². The summed E-state index contributed by atoms with van der Waals surface area (Å²) in [6.45, 7) is 4.66. The Balaban J connectivity index is 0.00000264. The predicted octanol–water partition coefficient (Wildman–Crippen LogP) is 1.95. The number of nitrogens with one attached hydrogen (secondary N) is 2. The van der Waals surface area contributed by atoms with Gasteiger partial charge in [0, 0.05) is 23.7 Å². The molecule has 2 N–H and O–H groups in total. The van der Waals surface area contributed by atoms with Gasteiger partial charge in [0.1, 0.15) is 11.8 Å². The SMILES string of the molecule is COc1ccccc1SCC(C)CNC(=O)C1COCCN1.Cl. The quantitative estimate of drug-likeness (QED) is 0.728. The minimum absolute atomic E-state index is 0. The molecular weight excluding hydrogens is 336 g/mol. The number of hydrogen-bond donors (Lipinski definition) is 2. The second kappa shape index (κ2) is 10.8. The third-order valence-electron chi connectivity index (χ3n) is 3.46. The molecule has 1 aliphatic heterocycles. The fourth-order valence-corrected chi connectivity index (χ4v) is 3.21. The molecule has 0 radical (unpaired) electrons. The molecule has 1 aromatic carbocycles. The number of carbonyl (C=O) groups excluding carboxylic acids is 1. The van der Waals surface area contributed by atoms with Gasteiger partial charge in [-0.3, -0.25) is 4.79 Å². The molecule has 0 spiro atoms. The molecule has 1 aliphatic rings. The molecule has 1 heterocycles. The Kier molecular flexibility index (Phi) is 9.40. The first-order valence-corrected chi connectivity index (χ1v) is 8.54. The smallest absolute Gasteiger partial charge is 0.239 e. The fourth-order valence-electron chi connectivity index (χ4n) is 2.16. The number of thioether (sulfide) groups is 1. The zero-order valence-corrected chi connectivity index (χ0v) is 15.2. The summed E-state index contributed by atoms with van der Waals surface area (Å²) in [5, 5.41) is 6.15. The van der Waals surface area contributed by atoms with Crippen molar-refractivity contribution in [2.45, 2.75) is 17.9 Å². The van der Waals surface area contributed by atoms with Crippen LogP contribution in [0.1, 0.15) is 6.92 Å². The number of carbonyl (C=O) groups is 1. The van der Waals surface area contributed by atoms with Crippen LogP contribution in [0, 0.1) is 5.92 Å². The summed E-state index contributed by atoms with van der Waals surface area (Å²) < 4.78 is 10.6. The Hall–Kier alpha value is -0.950. The van der Waals surface area contributed by atoms with Crippen LogP contribution in [-0.2, 0) is 9.53 Å². The highest BCUT2D eigenvalue weighted by Gasteiger charge is 2.21. The average molecular weight is 361 g/mol. The maximum absolute atomic E-state index is 12.0. The second-order valence-electron chi connectivity index (χ2n) is 5.39. The minimum atomic E-state index is -0.220. The number of hydrogen-bond acceptors (Lipinski definition) is 5. The van der Waals surface area contributed by atoms with Gasteiger partial charge in [0.2, 0.25) is 5.91 Å². The molecule has 2 atom stereocenters. The summed E-state index contributed by atoms with van der Waals surface area (Å²) in [5.41, 5.74) is 0. The van der Waals surface area contributed by atoms with Gasteiger partial charge < -0.3 is 20.1 Å². The molecule has 1 aromatic rings. The normalized spacial score (nSPS) is 18.6. The largest absolute Gasteiger partial charge is 0.496 e. The van der Waals surface area contributed by atoms with E-state index in [-0.39, 0.29) is 24.4 Å². The fraction of sp³-hybridized carbons (Fsp3) is 0.562. The number of methoxy groups -OCH3 is 1. The lowest BCUT2D eigenvalue weighted by molar-refractivity contribution is -0.126. The van der Waals surface area contributed by atoms with E-state index in [0.717, 1.165) is 22.9 Å². The van der Waals surface area contributed by atoms with E-state index in [0.29, 0.717) is 25.7 Å². The molecule has 2 rings (SSSR count). The van der Waals surface area contributed by atoms with E-state index in [4.69, 9.17) is 9.47 Å². The molecule has 0 bridgehead atoms. The first kappa shape index (κ1) is 20.1. The van der Waals surface area contributed by atoms with Crippen LogP contribution in [-0.4, -0.2) is 51.1 Å². The highest BCUT2D eigenvalue weighted by Crippen LogP contribution is 2.29. The third-order valence-corrected chi connectivity index (χ3v) is 4.84. The zero-order chi connectivity index (χ0) is 15.8. The monoisotopic (exact) mass is 360 g/mol. The molecule has 0 aromatic heterocycles. The molecule has 0 aliphatic carbocycles. The third kappa shape index (κ3) is 6.59. The Morgan fingerprint density at radius 3 is 3.00 bits per heavy atom. The molecule has 7 heteroatoms. The molecule has 1 amide bonds. The topological polar surface area (TPSA) is 59.6 Å². The molecule has 1 saturated heterocycles. The van der Waals surface area contributed by atoms with Crippen LogP contribution in [0.15, 0.2) is 29.2 Å². The van der Waals surface area contributed by atoms with E-state index in [1.54, 1.807) is 18.9 Å². The second-order valence-corrected chi connectivity index (χ2v) is 6.46. The van der Waals surface area contributed by atoms with Crippen molar-refractivity contribution in [2.24, 2.45) is 5.92 Å². The lowest BCUT2D eigenvalue weighted by Gasteiger charge is -2.23. The van der Waals surface area contributed by atoms with E-state index < -0.39 is 0 Å². The molecule has 130 valence electrons. The van der Waals surface area contributed by atoms with Crippen LogP contribution in [0.3, 0.4) is 0 Å². The van der Waals surface area contributed by atoms with E-state index >= 15 is 0 Å². The summed E-state index contributed by atoms with van der Waals surface area (Å²) in [6, 6.07) is 7.77. The molecule has 1 fully saturated rings. The van der Waals surface area contributed by atoms with E-state index in [1.807, 2.05) is 18.2 Å². The number of halogens is 1. The lowest BCUT2D eigenvalue weighted by atomic mass is 10.2. The summed E-state index contributed by atoms with van der Waals surface area (Å²) >= 11 is 1.75. The van der Waals surface area contributed by atoms with Crippen molar-refractivity contribution in [1.29, 1.82) is 0 Å². The summed E-state index contributed by atoms with van der Waals surface area (Å²) in [6.07, 6.45) is 0. The first-order chi connectivity index (χ1) is 10.7. The van der Waals surface area contributed by atoms with Gasteiger partial charge in [-0.15, -0.1) is 24.2 Å². The van der Waals surface area contributed by atoms with E-state index in [2.05, 4.69) is 23.6 Å². The Labute approximate surface area is 148 Å². The lowest BCUT2D eigenvalue weighted by Crippen LogP contribution is -2.51. The van der Waals surface area contributed by atoms with Crippen molar-refractivity contribution in [3.63, 3.8) is 0 Å². The highest BCUT2D eigenvalue weighted by molar-refractivity contribution is 7.99. The van der Waals surface area contributed by atoms with Crippen molar-refractivity contribution < 1.29 is 14.3 Å². The Morgan fingerprint density at radius 2 is 2.30 bits per heavy atom. The zero-order valence-electron chi connectivity index (χ0n) is 13.5. The van der Waals surface area contributed by atoms with Crippen LogP contribution < -0.4 is 15.4 Å². The van der Waals surface area contributed by atoms with Crippen molar-refractivity contribution in [2.75, 3.05) is 39.2 Å². The van der Waals surface area contributed by atoms with Gasteiger partial charge in [-0.25, -0.2) is 0 Å². The van der Waals surface area contributed by atoms with E-state index in [9.17, 15) is 4.79 Å². The van der Waals surface area contributed by atoms with Gasteiger partial charge in [-0.1, -0.05) is 19.1 Å². The summed E-state index contributed by atoms with van der Waals surface area (Å²) in [7, 11) is 1.68. The maximum atomic E-state index is 12.0. The number of rotatable bonds is 7. The number of amides is 1. The Morgan fingerprint density at radius 1 is 1.52 bits per heavy atom. The van der Waals surface area contributed by atoms with Crippen LogP contribution in [0.5, 0.6) is 5.75 Å². The first-order valence-electron chi connectivity index (χ1n) is 7.55. The van der Waals surface area contributed by atoms with Gasteiger partial charge in [0.25, 0.3) is 0 Å². The maximum Gasteiger partial charge on any atom is 0.239 e. The van der Waals surface area contributed by atoms with E-state index in [1.165, 1.54) is 0 Å². The van der Waals surface area contributed by atoms with Crippen LogP contribution in [0.4, 0.5) is 0 Å². The van der Waals surface area contributed by atoms with Gasteiger partial charge in [-0.2, -0.15) is 0 Å². The number of morpholine rings is 1. The molecule has 23 heavy (non-hydrogen) atoms. The highest BCUT2D eigenvalue weighted by atomic mass is 35.5. The van der Waals surface area contributed by atoms with Crippen LogP contribution >= 0.6 is 24.2 Å². The summed E-state index contributed by atoms with van der Waals surface area (Å²) in [5.74, 6) is 2.22. The van der Waals surface area contributed by atoms with Crippen molar-refractivity contribution in [3.05, 3.63) is 24.3 Å². The van der Waals surface area contributed by atoms with Crippen molar-refractivity contribution in [3.8, 4) is 5.75 Å². The van der Waals surface area contributed by atoms with Crippen molar-refractivity contribution in [1.82, 2.24) is 10.6 Å². The molecule has 0 saturated carbocycles. The van der Waals surface area contributed by atoms with Crippen LogP contribution in [0.25, 0.3) is 0 Å². The molecule has 2 unspecified atom stereocenters. The number of ether oxygens (including phenoxy) is 2. The Bertz CT molecular complexity index is 484. The molecular formula is C16H25ClN2O3S. The minimum Gasteiger partial charge on any atom is -0.496 e. The van der Waals surface area contributed by atoms with Gasteiger partial charge in [0.15, 0.2) is 0 Å². The predicted molar refractivity (Wildman–Crippen MR) is 95.7 cm³/mol.